The fraction of sp³-hybridized carbons (Fsp3) is 0.455. The molecule has 0 aliphatic heterocycles. The maximum Gasteiger partial charge on any atom is 0.301 e. The molecule has 0 saturated carbocycles. The highest BCUT2D eigenvalue weighted by atomic mass is 32.2. The molecule has 9 heteroatoms. The van der Waals surface area contributed by atoms with Gasteiger partial charge in [-0.05, 0) is 38.5 Å². The second-order valence-electron chi connectivity index (χ2n) is 4.74. The van der Waals surface area contributed by atoms with Crippen LogP contribution in [0.4, 0.5) is 5.69 Å². The van der Waals surface area contributed by atoms with Gasteiger partial charge in [-0.25, -0.2) is 13.6 Å². The number of nitrogens with zero attached hydrogens (tertiary/aromatic N) is 1. The van der Waals surface area contributed by atoms with Gasteiger partial charge in [-0.15, -0.1) is 0 Å². The van der Waals surface area contributed by atoms with Gasteiger partial charge in [0, 0.05) is 13.1 Å². The summed E-state index contributed by atoms with van der Waals surface area (Å²) in [7, 11) is -6.20. The Labute approximate surface area is 120 Å². The molecule has 0 aliphatic carbocycles. The molecule has 0 unspecified atom stereocenters. The van der Waals surface area contributed by atoms with Crippen LogP contribution in [0.3, 0.4) is 0 Å². The minimum absolute atomic E-state index is 0.145. The molecule has 0 heterocycles. The summed E-state index contributed by atoms with van der Waals surface area (Å²) < 4.78 is 50.3. The number of rotatable bonds is 5. The second kappa shape index (κ2) is 5.68. The van der Waals surface area contributed by atoms with Gasteiger partial charge in [0.1, 0.15) is 0 Å². The molecule has 1 rings (SSSR count). The van der Waals surface area contributed by atoms with Crippen LogP contribution < -0.4 is 9.86 Å². The largest absolute Gasteiger partial charge is 0.301 e. The van der Waals surface area contributed by atoms with Gasteiger partial charge in [-0.3, -0.25) is 4.72 Å². The number of nitrogens with one attached hydrogen (secondary N) is 1. The third kappa shape index (κ3) is 3.92. The summed E-state index contributed by atoms with van der Waals surface area (Å²) in [4.78, 5) is -0.145. The maximum atomic E-state index is 12.1. The van der Waals surface area contributed by atoms with Crippen LogP contribution in [0.2, 0.25) is 0 Å². The van der Waals surface area contributed by atoms with E-state index in [4.69, 9.17) is 5.14 Å². The van der Waals surface area contributed by atoms with E-state index in [0.717, 1.165) is 4.31 Å². The van der Waals surface area contributed by atoms with Crippen molar-refractivity contribution in [1.82, 2.24) is 4.31 Å². The van der Waals surface area contributed by atoms with E-state index < -0.39 is 20.2 Å². The molecule has 0 radical (unpaired) electrons. The van der Waals surface area contributed by atoms with Crippen molar-refractivity contribution in [3.05, 3.63) is 23.8 Å². The van der Waals surface area contributed by atoms with Crippen molar-refractivity contribution >= 4 is 25.9 Å². The number of anilines is 1. The Morgan fingerprint density at radius 2 is 1.75 bits per heavy atom. The van der Waals surface area contributed by atoms with Crippen molar-refractivity contribution in [1.29, 1.82) is 0 Å². The average Bonchev–Trinajstić information content (AvgIpc) is 2.29. The van der Waals surface area contributed by atoms with Gasteiger partial charge in [0.25, 0.3) is 0 Å². The molecule has 0 amide bonds. The van der Waals surface area contributed by atoms with Crippen LogP contribution >= 0.6 is 0 Å². The van der Waals surface area contributed by atoms with Gasteiger partial charge in [-0.1, -0.05) is 6.07 Å². The molecule has 20 heavy (non-hydrogen) atoms. The van der Waals surface area contributed by atoms with Crippen molar-refractivity contribution in [3.63, 3.8) is 0 Å². The van der Waals surface area contributed by atoms with E-state index in [-0.39, 0.29) is 16.6 Å². The van der Waals surface area contributed by atoms with E-state index in [0.29, 0.717) is 5.56 Å². The highest BCUT2D eigenvalue weighted by Crippen LogP contribution is 2.21. The highest BCUT2D eigenvalue weighted by Gasteiger charge is 2.21. The fourth-order valence-electron chi connectivity index (χ4n) is 1.38. The van der Waals surface area contributed by atoms with E-state index in [1.165, 1.54) is 25.2 Å². The first-order valence-electron chi connectivity index (χ1n) is 5.84. The van der Waals surface area contributed by atoms with Crippen LogP contribution in [0.25, 0.3) is 0 Å². The molecule has 1 aromatic rings. The molecular weight excluding hydrogens is 302 g/mol. The average molecular weight is 321 g/mol. The summed E-state index contributed by atoms with van der Waals surface area (Å²) in [6.45, 7) is 5.12. The zero-order chi connectivity index (χ0) is 15.7. The van der Waals surface area contributed by atoms with E-state index in [9.17, 15) is 16.8 Å². The number of primary sulfonamides is 1. The van der Waals surface area contributed by atoms with Gasteiger partial charge in [0.15, 0.2) is 0 Å². The Morgan fingerprint density at radius 3 is 2.20 bits per heavy atom. The van der Waals surface area contributed by atoms with Crippen LogP contribution in [-0.2, 0) is 20.2 Å². The number of hydrogen-bond donors (Lipinski definition) is 2. The number of aryl methyl sites for hydroxylation is 1. The minimum Gasteiger partial charge on any atom is -0.271 e. The maximum absolute atomic E-state index is 12.1. The molecule has 114 valence electrons. The SMILES string of the molecule is Cc1ccc(S(N)(=O)=O)cc1NS(=O)(=O)N(C)C(C)C. The smallest absolute Gasteiger partial charge is 0.271 e. The molecule has 0 fully saturated rings. The molecule has 7 nitrogen and oxygen atoms in total. The predicted octanol–water partition coefficient (Wildman–Crippen LogP) is 0.639. The molecule has 0 atom stereocenters. The normalized spacial score (nSPS) is 12.9. The van der Waals surface area contributed by atoms with E-state index in [2.05, 4.69) is 4.72 Å². The van der Waals surface area contributed by atoms with Crippen LogP contribution in [0.1, 0.15) is 19.4 Å². The summed E-state index contributed by atoms with van der Waals surface area (Å²) in [6, 6.07) is 3.80. The van der Waals surface area contributed by atoms with E-state index in [1.54, 1.807) is 20.8 Å². The van der Waals surface area contributed by atoms with Crippen molar-refractivity contribution < 1.29 is 16.8 Å². The Kier molecular flexibility index (Phi) is 4.80. The molecule has 3 N–H and O–H groups in total. The lowest BCUT2D eigenvalue weighted by Gasteiger charge is -2.22. The minimum atomic E-state index is -3.88. The van der Waals surface area contributed by atoms with Crippen LogP contribution in [-0.4, -0.2) is 34.2 Å². The monoisotopic (exact) mass is 321 g/mol. The van der Waals surface area contributed by atoms with Gasteiger partial charge < -0.3 is 0 Å². The Balaban J connectivity index is 3.22. The number of hydrogen-bond acceptors (Lipinski definition) is 4. The number of benzene rings is 1. The topological polar surface area (TPSA) is 110 Å². The van der Waals surface area contributed by atoms with Crippen molar-refractivity contribution in [3.8, 4) is 0 Å². The zero-order valence-electron chi connectivity index (χ0n) is 11.8. The molecule has 0 spiro atoms. The first kappa shape index (κ1) is 16.9. The van der Waals surface area contributed by atoms with E-state index in [1.807, 2.05) is 0 Å². The number of nitrogens with two attached hydrogens (primary N) is 1. The first-order valence-corrected chi connectivity index (χ1v) is 8.83. The fourth-order valence-corrected chi connectivity index (χ4v) is 3.11. The Hall–Kier alpha value is -1.16. The number of sulfonamides is 1. The van der Waals surface area contributed by atoms with Crippen molar-refractivity contribution in [2.24, 2.45) is 5.14 Å². The third-order valence-corrected chi connectivity index (χ3v) is 5.45. The molecule has 0 saturated heterocycles. The Morgan fingerprint density at radius 1 is 1.20 bits per heavy atom. The highest BCUT2D eigenvalue weighted by molar-refractivity contribution is 7.90. The molecule has 0 aliphatic rings. The summed E-state index contributed by atoms with van der Waals surface area (Å²) in [5, 5.41) is 5.03. The quantitative estimate of drug-likeness (QED) is 0.829. The first-order chi connectivity index (χ1) is 8.95. The van der Waals surface area contributed by atoms with Gasteiger partial charge >= 0.3 is 10.2 Å². The Bertz CT molecular complexity index is 696. The summed E-state index contributed by atoms with van der Waals surface area (Å²) in [5.74, 6) is 0. The lowest BCUT2D eigenvalue weighted by molar-refractivity contribution is 0.414. The van der Waals surface area contributed by atoms with Crippen LogP contribution in [0, 0.1) is 6.92 Å². The molecular formula is C11H19N3O4S2. The second-order valence-corrected chi connectivity index (χ2v) is 8.03. The standard InChI is InChI=1S/C11H19N3O4S2/c1-8(2)14(4)20(17,18)13-11-7-10(19(12,15)16)6-5-9(11)3/h5-8,13H,1-4H3,(H2,12,15,16). The van der Waals surface area contributed by atoms with Gasteiger partial charge in [0.2, 0.25) is 10.0 Å². The lowest BCUT2D eigenvalue weighted by Crippen LogP contribution is -2.37. The molecule has 0 bridgehead atoms. The van der Waals surface area contributed by atoms with Gasteiger partial charge in [-0.2, -0.15) is 12.7 Å². The van der Waals surface area contributed by atoms with Gasteiger partial charge in [0.05, 0.1) is 10.6 Å². The molecule has 0 aromatic heterocycles. The van der Waals surface area contributed by atoms with Crippen molar-refractivity contribution in [2.45, 2.75) is 31.7 Å². The predicted molar refractivity (Wildman–Crippen MR) is 78.0 cm³/mol. The van der Waals surface area contributed by atoms with Crippen molar-refractivity contribution in [2.75, 3.05) is 11.8 Å². The van der Waals surface area contributed by atoms with Crippen LogP contribution in [0.15, 0.2) is 23.1 Å². The summed E-state index contributed by atoms with van der Waals surface area (Å²) in [6.07, 6.45) is 0. The summed E-state index contributed by atoms with van der Waals surface area (Å²) in [5.41, 5.74) is 0.780. The van der Waals surface area contributed by atoms with Crippen LogP contribution in [0.5, 0.6) is 0 Å². The lowest BCUT2D eigenvalue weighted by atomic mass is 10.2. The zero-order valence-corrected chi connectivity index (χ0v) is 13.4. The molecule has 1 aromatic carbocycles. The van der Waals surface area contributed by atoms with E-state index >= 15 is 0 Å². The summed E-state index contributed by atoms with van der Waals surface area (Å²) >= 11 is 0. The third-order valence-electron chi connectivity index (χ3n) is 2.88.